The second kappa shape index (κ2) is 10.5. The van der Waals surface area contributed by atoms with Crippen molar-refractivity contribution in [2.24, 2.45) is 0 Å². The van der Waals surface area contributed by atoms with Crippen molar-refractivity contribution in [1.82, 2.24) is 15.1 Å². The molecular formula is C30H28N4O2. The molecule has 180 valence electrons. The number of carbonyl (C=O) groups excluding carboxylic acids is 2. The molecule has 1 aromatic heterocycles. The summed E-state index contributed by atoms with van der Waals surface area (Å²) in [4.78, 5) is 30.4. The van der Waals surface area contributed by atoms with E-state index in [0.717, 1.165) is 23.5 Å². The molecule has 3 aromatic carbocycles. The maximum absolute atomic E-state index is 13.4. The predicted molar refractivity (Wildman–Crippen MR) is 141 cm³/mol. The van der Waals surface area contributed by atoms with Gasteiger partial charge in [0.1, 0.15) is 0 Å². The SMILES string of the molecule is CCc1ccc(-c2ccc(N3CCN(C(=O)c4ccccc4C(=O)c4ccccc4)CC3)nn2)cc1. The number of hydrogen-bond donors (Lipinski definition) is 0. The zero-order valence-electron chi connectivity index (χ0n) is 20.3. The monoisotopic (exact) mass is 476 g/mol. The summed E-state index contributed by atoms with van der Waals surface area (Å²) in [6, 6.07) is 28.5. The first-order chi connectivity index (χ1) is 17.6. The summed E-state index contributed by atoms with van der Waals surface area (Å²) in [5, 5.41) is 8.88. The first kappa shape index (κ1) is 23.4. The number of aryl methyl sites for hydroxylation is 1. The van der Waals surface area contributed by atoms with E-state index >= 15 is 0 Å². The average Bonchev–Trinajstić information content (AvgIpc) is 2.97. The zero-order chi connectivity index (χ0) is 24.9. The van der Waals surface area contributed by atoms with Crippen molar-refractivity contribution in [3.63, 3.8) is 0 Å². The third kappa shape index (κ3) is 4.89. The smallest absolute Gasteiger partial charge is 0.254 e. The Morgan fingerprint density at radius 2 is 1.39 bits per heavy atom. The van der Waals surface area contributed by atoms with E-state index in [9.17, 15) is 9.59 Å². The van der Waals surface area contributed by atoms with Gasteiger partial charge in [0.2, 0.25) is 0 Å². The Morgan fingerprint density at radius 1 is 0.722 bits per heavy atom. The minimum atomic E-state index is -0.141. The average molecular weight is 477 g/mol. The lowest BCUT2D eigenvalue weighted by Gasteiger charge is -2.35. The van der Waals surface area contributed by atoms with E-state index in [1.807, 2.05) is 35.2 Å². The molecular weight excluding hydrogens is 448 g/mol. The number of nitrogens with zero attached hydrogens (tertiary/aromatic N) is 4. The number of anilines is 1. The van der Waals surface area contributed by atoms with Crippen LogP contribution < -0.4 is 4.90 Å². The second-order valence-corrected chi connectivity index (χ2v) is 8.85. The van der Waals surface area contributed by atoms with Gasteiger partial charge in [0, 0.05) is 42.9 Å². The molecule has 6 nitrogen and oxygen atoms in total. The summed E-state index contributed by atoms with van der Waals surface area (Å²) in [5.41, 5.74) is 4.64. The second-order valence-electron chi connectivity index (χ2n) is 8.85. The van der Waals surface area contributed by atoms with Crippen molar-refractivity contribution in [3.05, 3.63) is 113 Å². The molecule has 1 saturated heterocycles. The van der Waals surface area contributed by atoms with Crippen LogP contribution in [0.15, 0.2) is 91.0 Å². The van der Waals surface area contributed by atoms with Crippen LogP contribution in [0.3, 0.4) is 0 Å². The Hall–Kier alpha value is -4.32. The number of benzene rings is 3. The number of carbonyl (C=O) groups is 2. The van der Waals surface area contributed by atoms with Crippen molar-refractivity contribution in [2.45, 2.75) is 13.3 Å². The van der Waals surface area contributed by atoms with E-state index in [4.69, 9.17) is 0 Å². The summed E-state index contributed by atoms with van der Waals surface area (Å²) in [6.45, 7) is 4.54. The van der Waals surface area contributed by atoms with E-state index in [-0.39, 0.29) is 11.7 Å². The Kier molecular flexibility index (Phi) is 6.85. The van der Waals surface area contributed by atoms with E-state index in [0.29, 0.717) is 42.9 Å². The van der Waals surface area contributed by atoms with Gasteiger partial charge in [-0.1, -0.05) is 79.7 Å². The van der Waals surface area contributed by atoms with E-state index in [1.165, 1.54) is 5.56 Å². The minimum absolute atomic E-state index is 0.119. The van der Waals surface area contributed by atoms with E-state index < -0.39 is 0 Å². The largest absolute Gasteiger partial charge is 0.352 e. The Bertz CT molecular complexity index is 1340. The molecule has 1 fully saturated rings. The third-order valence-electron chi connectivity index (χ3n) is 6.64. The van der Waals surface area contributed by atoms with Crippen molar-refractivity contribution in [1.29, 1.82) is 0 Å². The third-order valence-corrected chi connectivity index (χ3v) is 6.64. The lowest BCUT2D eigenvalue weighted by molar-refractivity contribution is 0.0742. The van der Waals surface area contributed by atoms with Crippen LogP contribution >= 0.6 is 0 Å². The summed E-state index contributed by atoms with van der Waals surface area (Å²) in [6.07, 6.45) is 1.01. The highest BCUT2D eigenvalue weighted by molar-refractivity contribution is 6.15. The number of amides is 1. The lowest BCUT2D eigenvalue weighted by atomic mass is 9.97. The molecule has 0 saturated carbocycles. The van der Waals surface area contributed by atoms with E-state index in [2.05, 4.69) is 46.3 Å². The van der Waals surface area contributed by atoms with Gasteiger partial charge >= 0.3 is 0 Å². The normalized spacial score (nSPS) is 13.5. The van der Waals surface area contributed by atoms with Gasteiger partial charge in [-0.2, -0.15) is 0 Å². The fraction of sp³-hybridized carbons (Fsp3) is 0.200. The van der Waals surface area contributed by atoms with Crippen molar-refractivity contribution in [3.8, 4) is 11.3 Å². The highest BCUT2D eigenvalue weighted by Gasteiger charge is 2.26. The fourth-order valence-electron chi connectivity index (χ4n) is 4.48. The summed E-state index contributed by atoms with van der Waals surface area (Å²) in [5.74, 6) is 0.542. The summed E-state index contributed by atoms with van der Waals surface area (Å²) >= 11 is 0. The van der Waals surface area contributed by atoms with Crippen LogP contribution in [0.25, 0.3) is 11.3 Å². The molecule has 0 spiro atoms. The van der Waals surface area contributed by atoms with Crippen LogP contribution in [0.5, 0.6) is 0 Å². The van der Waals surface area contributed by atoms with Crippen LogP contribution in [-0.2, 0) is 6.42 Å². The number of rotatable bonds is 6. The lowest BCUT2D eigenvalue weighted by Crippen LogP contribution is -2.49. The van der Waals surface area contributed by atoms with E-state index in [1.54, 1.807) is 36.4 Å². The standard InChI is InChI=1S/C30H28N4O2/c1-2-22-12-14-23(15-13-22)27-16-17-28(32-31-27)33-18-20-34(21-19-33)30(36)26-11-7-6-10-25(26)29(35)24-8-4-3-5-9-24/h3-17H,2,18-21H2,1H3. The summed E-state index contributed by atoms with van der Waals surface area (Å²) in [7, 11) is 0. The van der Waals surface area contributed by atoms with Gasteiger partial charge in [-0.3, -0.25) is 9.59 Å². The number of aromatic nitrogens is 2. The number of hydrogen-bond acceptors (Lipinski definition) is 5. The molecule has 0 N–H and O–H groups in total. The maximum Gasteiger partial charge on any atom is 0.254 e. The van der Waals surface area contributed by atoms with Crippen LogP contribution in [-0.4, -0.2) is 53.0 Å². The highest BCUT2D eigenvalue weighted by atomic mass is 16.2. The van der Waals surface area contributed by atoms with Crippen LogP contribution in [0, 0.1) is 0 Å². The first-order valence-electron chi connectivity index (χ1n) is 12.3. The Labute approximate surface area is 211 Å². The molecule has 2 heterocycles. The molecule has 36 heavy (non-hydrogen) atoms. The van der Waals surface area contributed by atoms with Gasteiger partial charge in [-0.05, 0) is 30.2 Å². The molecule has 4 aromatic rings. The van der Waals surface area contributed by atoms with Crippen LogP contribution in [0.1, 0.15) is 38.8 Å². The quantitative estimate of drug-likeness (QED) is 0.371. The first-order valence-corrected chi connectivity index (χ1v) is 12.3. The Balaban J connectivity index is 1.25. The van der Waals surface area contributed by atoms with Gasteiger partial charge in [0.25, 0.3) is 5.91 Å². The van der Waals surface area contributed by atoms with Crippen molar-refractivity contribution >= 4 is 17.5 Å². The van der Waals surface area contributed by atoms with Gasteiger partial charge in [-0.25, -0.2) is 0 Å². The number of ketones is 1. The molecule has 1 amide bonds. The van der Waals surface area contributed by atoms with Crippen LogP contribution in [0.4, 0.5) is 5.82 Å². The van der Waals surface area contributed by atoms with Crippen LogP contribution in [0.2, 0.25) is 0 Å². The maximum atomic E-state index is 13.4. The fourth-order valence-corrected chi connectivity index (χ4v) is 4.48. The van der Waals surface area contributed by atoms with Crippen molar-refractivity contribution in [2.75, 3.05) is 31.1 Å². The predicted octanol–water partition coefficient (Wildman–Crippen LogP) is 4.90. The van der Waals surface area contributed by atoms with Gasteiger partial charge in [0.15, 0.2) is 11.6 Å². The molecule has 1 aliphatic rings. The molecule has 0 unspecified atom stereocenters. The van der Waals surface area contributed by atoms with Crippen molar-refractivity contribution < 1.29 is 9.59 Å². The topological polar surface area (TPSA) is 66.4 Å². The summed E-state index contributed by atoms with van der Waals surface area (Å²) < 4.78 is 0. The Morgan fingerprint density at radius 3 is 2.03 bits per heavy atom. The molecule has 5 rings (SSSR count). The molecule has 0 aliphatic carbocycles. The molecule has 0 atom stereocenters. The molecule has 1 aliphatic heterocycles. The highest BCUT2D eigenvalue weighted by Crippen LogP contribution is 2.22. The molecule has 0 radical (unpaired) electrons. The zero-order valence-corrected chi connectivity index (χ0v) is 20.3. The van der Waals surface area contributed by atoms with Gasteiger partial charge in [-0.15, -0.1) is 10.2 Å². The number of piperazine rings is 1. The van der Waals surface area contributed by atoms with Gasteiger partial charge in [0.05, 0.1) is 11.3 Å². The molecule has 6 heteroatoms. The molecule has 0 bridgehead atoms. The minimum Gasteiger partial charge on any atom is -0.352 e. The van der Waals surface area contributed by atoms with Gasteiger partial charge < -0.3 is 9.80 Å².